The van der Waals surface area contributed by atoms with Gasteiger partial charge in [-0.1, -0.05) is 322 Å². The summed E-state index contributed by atoms with van der Waals surface area (Å²) in [4.78, 5) is 35.9. The van der Waals surface area contributed by atoms with Crippen molar-refractivity contribution in [2.24, 2.45) is 0 Å². The number of unbranched alkanes of at least 4 members (excludes halogenated alkanes) is 35. The van der Waals surface area contributed by atoms with Crippen LogP contribution in [0.5, 0.6) is 0 Å². The van der Waals surface area contributed by atoms with Crippen molar-refractivity contribution in [2.45, 2.75) is 328 Å². The van der Waals surface area contributed by atoms with Gasteiger partial charge in [-0.15, -0.1) is 0 Å². The molecule has 0 bridgehead atoms. The third-order valence-electron chi connectivity index (χ3n) is 15.8. The highest BCUT2D eigenvalue weighted by atomic mass is 31.2. The van der Waals surface area contributed by atoms with Crippen molar-refractivity contribution in [1.82, 2.24) is 0 Å². The number of phosphoric acid groups is 1. The number of likely N-dealkylation sites (N-methyl/N-ethyl adjacent to an activating group) is 1. The minimum Gasteiger partial charge on any atom is -0.462 e. The summed E-state index contributed by atoms with van der Waals surface area (Å²) in [6, 6.07) is 0. The molecule has 0 saturated heterocycles. The second kappa shape index (κ2) is 68.0. The second-order valence-corrected chi connectivity index (χ2v) is 27.0. The van der Waals surface area contributed by atoms with Crippen LogP contribution in [0.1, 0.15) is 322 Å². The van der Waals surface area contributed by atoms with Gasteiger partial charge in [0, 0.05) is 12.8 Å². The van der Waals surface area contributed by atoms with Crippen LogP contribution in [0.3, 0.4) is 0 Å². The van der Waals surface area contributed by atoms with Gasteiger partial charge >= 0.3 is 19.8 Å². The molecule has 0 aromatic rings. The average Bonchev–Trinajstić information content (AvgIpc) is 3.58. The van der Waals surface area contributed by atoms with Crippen LogP contribution >= 0.6 is 7.82 Å². The van der Waals surface area contributed by atoms with Crippen molar-refractivity contribution >= 4 is 19.8 Å². The standard InChI is InChI=1S/C78H138NO8P/c1-6-8-10-12-14-16-18-20-22-24-26-28-30-31-32-33-34-35-36-37-38-39-40-41-42-43-44-45-46-47-49-51-53-55-57-59-61-63-65-67-69-71-78(81)87-76(75-86-88(82,83)85-73-72-79(3,4)5)74-84-77(80)70-68-66-64-62-60-58-56-54-52-50-48-29-27-25-23-21-19-17-15-13-11-9-7-2/h8-11,14-17,20-23,26-29,31-32,76H,6-7,12-13,18-19,24-25,30,33-75H2,1-5H3/p+1/b10-8-,11-9-,16-14-,17-15-,22-20-,23-21-,28-26-,29-27-,32-31-. The first-order valence-electron chi connectivity index (χ1n) is 36.6. The summed E-state index contributed by atoms with van der Waals surface area (Å²) in [6.07, 6.45) is 96.4. The van der Waals surface area contributed by atoms with Gasteiger partial charge in [-0.05, 0) is 96.3 Å². The van der Waals surface area contributed by atoms with Crippen LogP contribution in [0, 0.1) is 0 Å². The van der Waals surface area contributed by atoms with Gasteiger partial charge in [0.2, 0.25) is 0 Å². The lowest BCUT2D eigenvalue weighted by Gasteiger charge is -2.24. The van der Waals surface area contributed by atoms with E-state index >= 15 is 0 Å². The Morgan fingerprint density at radius 1 is 0.352 bits per heavy atom. The first kappa shape index (κ1) is 84.7. The highest BCUT2D eigenvalue weighted by Gasteiger charge is 2.27. The number of nitrogens with zero attached hydrogens (tertiary/aromatic N) is 1. The van der Waals surface area contributed by atoms with Crippen LogP contribution in [-0.4, -0.2) is 74.9 Å². The highest BCUT2D eigenvalue weighted by molar-refractivity contribution is 7.47. The van der Waals surface area contributed by atoms with Crippen molar-refractivity contribution in [3.63, 3.8) is 0 Å². The monoisotopic (exact) mass is 1250 g/mol. The largest absolute Gasteiger partial charge is 0.472 e. The zero-order valence-electron chi connectivity index (χ0n) is 57.9. The molecule has 1 N–H and O–H groups in total. The molecule has 0 aliphatic heterocycles. The van der Waals surface area contributed by atoms with E-state index < -0.39 is 26.5 Å². The smallest absolute Gasteiger partial charge is 0.462 e. The fourth-order valence-electron chi connectivity index (χ4n) is 10.3. The van der Waals surface area contributed by atoms with E-state index in [-0.39, 0.29) is 32.0 Å². The number of quaternary nitrogens is 1. The van der Waals surface area contributed by atoms with Crippen LogP contribution in [0.25, 0.3) is 0 Å². The molecule has 0 saturated carbocycles. The van der Waals surface area contributed by atoms with Crippen LogP contribution in [0.4, 0.5) is 0 Å². The summed E-state index contributed by atoms with van der Waals surface area (Å²) >= 11 is 0. The van der Waals surface area contributed by atoms with E-state index in [1.807, 2.05) is 21.1 Å². The molecule has 2 unspecified atom stereocenters. The Morgan fingerprint density at radius 3 is 0.909 bits per heavy atom. The van der Waals surface area contributed by atoms with Gasteiger partial charge in [0.1, 0.15) is 19.8 Å². The number of allylic oxidation sites excluding steroid dienone is 18. The molecule has 0 aliphatic carbocycles. The molecule has 508 valence electrons. The lowest BCUT2D eigenvalue weighted by molar-refractivity contribution is -0.870. The quantitative estimate of drug-likeness (QED) is 0.0211. The predicted molar refractivity (Wildman–Crippen MR) is 381 cm³/mol. The van der Waals surface area contributed by atoms with E-state index in [0.717, 1.165) is 96.3 Å². The molecule has 0 fully saturated rings. The number of ether oxygens (including phenoxy) is 2. The molecular weight excluding hydrogens is 1110 g/mol. The fraction of sp³-hybridized carbons (Fsp3) is 0.744. The van der Waals surface area contributed by atoms with Crippen molar-refractivity contribution < 1.29 is 42.1 Å². The van der Waals surface area contributed by atoms with Gasteiger partial charge < -0.3 is 18.9 Å². The van der Waals surface area contributed by atoms with Crippen LogP contribution in [-0.2, 0) is 32.7 Å². The zero-order chi connectivity index (χ0) is 64.1. The molecule has 2 atom stereocenters. The molecule has 9 nitrogen and oxygen atoms in total. The summed E-state index contributed by atoms with van der Waals surface area (Å²) in [6.45, 7) is 4.23. The van der Waals surface area contributed by atoms with Gasteiger partial charge in [-0.2, -0.15) is 0 Å². The molecule has 0 rings (SSSR count). The van der Waals surface area contributed by atoms with E-state index in [9.17, 15) is 19.0 Å². The van der Waals surface area contributed by atoms with Gasteiger partial charge in [-0.25, -0.2) is 4.57 Å². The van der Waals surface area contributed by atoms with E-state index in [2.05, 4.69) is 123 Å². The zero-order valence-corrected chi connectivity index (χ0v) is 58.8. The molecule has 0 spiro atoms. The van der Waals surface area contributed by atoms with Crippen LogP contribution in [0.2, 0.25) is 0 Å². The van der Waals surface area contributed by atoms with Crippen LogP contribution in [0.15, 0.2) is 109 Å². The number of esters is 2. The van der Waals surface area contributed by atoms with Crippen molar-refractivity contribution in [3.8, 4) is 0 Å². The minimum absolute atomic E-state index is 0.0292. The Morgan fingerprint density at radius 2 is 0.614 bits per heavy atom. The number of rotatable bonds is 67. The summed E-state index contributed by atoms with van der Waals surface area (Å²) in [5.74, 6) is -0.793. The lowest BCUT2D eigenvalue weighted by atomic mass is 10.0. The van der Waals surface area contributed by atoms with Gasteiger partial charge in [0.15, 0.2) is 6.10 Å². The highest BCUT2D eigenvalue weighted by Crippen LogP contribution is 2.43. The molecule has 0 heterocycles. The van der Waals surface area contributed by atoms with Crippen molar-refractivity contribution in [2.75, 3.05) is 47.5 Å². The Labute approximate surface area is 544 Å². The van der Waals surface area contributed by atoms with Crippen molar-refractivity contribution in [1.29, 1.82) is 0 Å². The second-order valence-electron chi connectivity index (χ2n) is 25.6. The fourth-order valence-corrected chi connectivity index (χ4v) is 11.0. The topological polar surface area (TPSA) is 108 Å². The molecule has 0 radical (unpaired) electrons. The van der Waals surface area contributed by atoms with Crippen LogP contribution < -0.4 is 0 Å². The lowest BCUT2D eigenvalue weighted by Crippen LogP contribution is -2.37. The maximum Gasteiger partial charge on any atom is 0.472 e. The maximum atomic E-state index is 12.9. The summed E-state index contributed by atoms with van der Waals surface area (Å²) in [5.41, 5.74) is 0. The summed E-state index contributed by atoms with van der Waals surface area (Å²) in [5, 5.41) is 0. The summed E-state index contributed by atoms with van der Waals surface area (Å²) < 4.78 is 34.7. The minimum atomic E-state index is -4.40. The van der Waals surface area contributed by atoms with Crippen molar-refractivity contribution in [3.05, 3.63) is 109 Å². The van der Waals surface area contributed by atoms with E-state index in [1.165, 1.54) is 193 Å². The number of phosphoric ester groups is 1. The Balaban J connectivity index is 3.94. The normalized spacial score (nSPS) is 13.8. The van der Waals surface area contributed by atoms with Gasteiger partial charge in [-0.3, -0.25) is 18.6 Å². The Bertz CT molecular complexity index is 1850. The SMILES string of the molecule is CC/C=C\C/C=C\C/C=C\C/C=C\C/C=C\CCCCCCCCCCCCCCCCCCCCCCCCCCCC(=O)OC(COC(=O)CCCCCCCCCCCC/C=C\C/C=C\C/C=C\C/C=C\CC)COP(=O)(O)OCC[N+](C)(C)C. The van der Waals surface area contributed by atoms with Gasteiger partial charge in [0.25, 0.3) is 0 Å². The predicted octanol–water partition coefficient (Wildman–Crippen LogP) is 24.1. The molecule has 0 amide bonds. The van der Waals surface area contributed by atoms with Gasteiger partial charge in [0.05, 0.1) is 27.7 Å². The number of carbonyl (C=O) groups is 2. The molecule has 88 heavy (non-hydrogen) atoms. The molecular formula is C78H139NO8P+. The summed E-state index contributed by atoms with van der Waals surface area (Å²) in [7, 11) is 1.48. The van der Waals surface area contributed by atoms with E-state index in [0.29, 0.717) is 17.4 Å². The third-order valence-corrected chi connectivity index (χ3v) is 16.8. The molecule has 10 heteroatoms. The Hall–Kier alpha value is -3.33. The first-order chi connectivity index (χ1) is 43.0. The molecule has 0 aromatic heterocycles. The molecule has 0 aromatic carbocycles. The maximum absolute atomic E-state index is 12.9. The third kappa shape index (κ3) is 71.7. The number of hydrogen-bond acceptors (Lipinski definition) is 7. The average molecular weight is 1250 g/mol. The number of hydrogen-bond donors (Lipinski definition) is 1. The molecule has 0 aliphatic rings. The number of carbonyl (C=O) groups excluding carboxylic acids is 2. The van der Waals surface area contributed by atoms with E-state index in [4.69, 9.17) is 18.5 Å². The van der Waals surface area contributed by atoms with E-state index in [1.54, 1.807) is 0 Å². The Kier molecular flexibility index (Phi) is 65.5. The first-order valence-corrected chi connectivity index (χ1v) is 38.1.